The van der Waals surface area contributed by atoms with Crippen LogP contribution in [0, 0.1) is 6.92 Å². The van der Waals surface area contributed by atoms with Crippen molar-refractivity contribution in [2.75, 3.05) is 12.4 Å². The minimum absolute atomic E-state index is 0.0998. The number of hydrogen-bond acceptors (Lipinski definition) is 5. The summed E-state index contributed by atoms with van der Waals surface area (Å²) < 4.78 is 5.00. The first-order chi connectivity index (χ1) is 8.60. The van der Waals surface area contributed by atoms with Gasteiger partial charge in [-0.1, -0.05) is 0 Å². The van der Waals surface area contributed by atoms with Gasteiger partial charge in [-0.15, -0.1) is 11.3 Å². The predicted molar refractivity (Wildman–Crippen MR) is 73.5 cm³/mol. The SMILES string of the molecule is COc1ccc(NC(C)c2csc(C)n2)cc1O. The maximum Gasteiger partial charge on any atom is 0.160 e. The number of aryl methyl sites for hydroxylation is 1. The summed E-state index contributed by atoms with van der Waals surface area (Å²) in [6.07, 6.45) is 0. The van der Waals surface area contributed by atoms with Gasteiger partial charge in [0.1, 0.15) is 0 Å². The van der Waals surface area contributed by atoms with Crippen molar-refractivity contribution in [1.29, 1.82) is 0 Å². The molecule has 1 atom stereocenters. The van der Waals surface area contributed by atoms with Crippen molar-refractivity contribution in [3.63, 3.8) is 0 Å². The Morgan fingerprint density at radius 3 is 2.78 bits per heavy atom. The lowest BCUT2D eigenvalue weighted by Gasteiger charge is -2.14. The van der Waals surface area contributed by atoms with Crippen LogP contribution in [0.2, 0.25) is 0 Å². The second-order valence-corrected chi connectivity index (χ2v) is 5.11. The lowest BCUT2D eigenvalue weighted by Crippen LogP contribution is -2.06. The molecule has 2 rings (SSSR count). The van der Waals surface area contributed by atoms with Crippen molar-refractivity contribution < 1.29 is 9.84 Å². The molecule has 2 N–H and O–H groups in total. The molecule has 0 spiro atoms. The number of ether oxygens (including phenoxy) is 1. The van der Waals surface area contributed by atoms with Crippen LogP contribution in [-0.2, 0) is 0 Å². The van der Waals surface area contributed by atoms with E-state index in [4.69, 9.17) is 4.74 Å². The molecule has 1 aromatic carbocycles. The highest BCUT2D eigenvalue weighted by molar-refractivity contribution is 7.09. The number of phenols is 1. The Hall–Kier alpha value is -1.75. The number of methoxy groups -OCH3 is 1. The van der Waals surface area contributed by atoms with Crippen molar-refractivity contribution in [2.24, 2.45) is 0 Å². The predicted octanol–water partition coefficient (Wildman–Crippen LogP) is 3.34. The standard InChI is InChI=1S/C13H16N2O2S/c1-8(11-7-18-9(2)15-11)14-10-4-5-13(17-3)12(16)6-10/h4-8,14,16H,1-3H3. The fourth-order valence-corrected chi connectivity index (χ4v) is 2.39. The number of aromatic hydroxyl groups is 1. The van der Waals surface area contributed by atoms with E-state index in [0.717, 1.165) is 16.4 Å². The summed E-state index contributed by atoms with van der Waals surface area (Å²) in [4.78, 5) is 4.43. The maximum absolute atomic E-state index is 9.70. The Bertz CT molecular complexity index is 540. The lowest BCUT2D eigenvalue weighted by atomic mass is 10.2. The summed E-state index contributed by atoms with van der Waals surface area (Å²) in [6.45, 7) is 4.02. The minimum Gasteiger partial charge on any atom is -0.504 e. The maximum atomic E-state index is 9.70. The monoisotopic (exact) mass is 264 g/mol. The van der Waals surface area contributed by atoms with E-state index in [-0.39, 0.29) is 11.8 Å². The molecule has 0 aliphatic heterocycles. The van der Waals surface area contributed by atoms with Crippen LogP contribution in [0.1, 0.15) is 23.7 Å². The first-order valence-electron chi connectivity index (χ1n) is 5.65. The van der Waals surface area contributed by atoms with Gasteiger partial charge in [0.2, 0.25) is 0 Å². The quantitative estimate of drug-likeness (QED) is 0.889. The number of nitrogens with zero attached hydrogens (tertiary/aromatic N) is 1. The van der Waals surface area contributed by atoms with E-state index in [1.54, 1.807) is 23.5 Å². The first-order valence-corrected chi connectivity index (χ1v) is 6.53. The molecule has 0 fully saturated rings. The van der Waals surface area contributed by atoms with E-state index in [2.05, 4.69) is 10.3 Å². The number of nitrogens with one attached hydrogen (secondary N) is 1. The molecular weight excluding hydrogens is 248 g/mol. The van der Waals surface area contributed by atoms with Crippen LogP contribution >= 0.6 is 11.3 Å². The molecule has 1 aromatic heterocycles. The highest BCUT2D eigenvalue weighted by Crippen LogP contribution is 2.30. The van der Waals surface area contributed by atoms with Crippen LogP contribution in [0.15, 0.2) is 23.6 Å². The zero-order valence-electron chi connectivity index (χ0n) is 10.6. The summed E-state index contributed by atoms with van der Waals surface area (Å²) in [7, 11) is 1.53. The van der Waals surface area contributed by atoms with Crippen molar-refractivity contribution in [1.82, 2.24) is 4.98 Å². The number of phenolic OH excluding ortho intramolecular Hbond substituents is 1. The van der Waals surface area contributed by atoms with Crippen molar-refractivity contribution in [3.05, 3.63) is 34.3 Å². The molecule has 0 saturated heterocycles. The molecule has 2 aromatic rings. The molecule has 0 radical (unpaired) electrons. The van der Waals surface area contributed by atoms with Gasteiger partial charge in [0.15, 0.2) is 11.5 Å². The molecule has 0 saturated carbocycles. The van der Waals surface area contributed by atoms with Crippen LogP contribution in [0.25, 0.3) is 0 Å². The number of hydrogen-bond donors (Lipinski definition) is 2. The first kappa shape index (κ1) is 12.7. The number of aromatic nitrogens is 1. The average molecular weight is 264 g/mol. The summed E-state index contributed by atoms with van der Waals surface area (Å²) >= 11 is 1.63. The molecular formula is C13H16N2O2S. The van der Waals surface area contributed by atoms with E-state index in [0.29, 0.717) is 5.75 Å². The number of rotatable bonds is 4. The molecule has 5 heteroatoms. The molecule has 0 aliphatic rings. The smallest absolute Gasteiger partial charge is 0.160 e. The Morgan fingerprint density at radius 1 is 1.44 bits per heavy atom. The van der Waals surface area contributed by atoms with E-state index in [1.807, 2.05) is 25.3 Å². The second-order valence-electron chi connectivity index (χ2n) is 4.04. The summed E-state index contributed by atoms with van der Waals surface area (Å²) in [6, 6.07) is 5.35. The van der Waals surface area contributed by atoms with Gasteiger partial charge in [0.25, 0.3) is 0 Å². The van der Waals surface area contributed by atoms with E-state index < -0.39 is 0 Å². The highest BCUT2D eigenvalue weighted by atomic mass is 32.1. The normalized spacial score (nSPS) is 12.2. The summed E-state index contributed by atoms with van der Waals surface area (Å²) in [5, 5.41) is 16.1. The van der Waals surface area contributed by atoms with Crippen molar-refractivity contribution in [3.8, 4) is 11.5 Å². The number of thiazole rings is 1. The number of benzene rings is 1. The molecule has 0 aliphatic carbocycles. The topological polar surface area (TPSA) is 54.4 Å². The third-order valence-corrected chi connectivity index (χ3v) is 3.43. The third kappa shape index (κ3) is 2.73. The molecule has 4 nitrogen and oxygen atoms in total. The average Bonchev–Trinajstić information content (AvgIpc) is 2.76. The summed E-state index contributed by atoms with van der Waals surface area (Å²) in [5.74, 6) is 0.599. The highest BCUT2D eigenvalue weighted by Gasteiger charge is 2.10. The van der Waals surface area contributed by atoms with Crippen LogP contribution in [0.4, 0.5) is 5.69 Å². The largest absolute Gasteiger partial charge is 0.504 e. The van der Waals surface area contributed by atoms with Gasteiger partial charge in [0, 0.05) is 17.1 Å². The zero-order chi connectivity index (χ0) is 13.1. The van der Waals surface area contributed by atoms with Crippen molar-refractivity contribution in [2.45, 2.75) is 19.9 Å². The van der Waals surface area contributed by atoms with Gasteiger partial charge >= 0.3 is 0 Å². The second kappa shape index (κ2) is 5.27. The van der Waals surface area contributed by atoms with E-state index in [1.165, 1.54) is 7.11 Å². The van der Waals surface area contributed by atoms with Gasteiger partial charge in [0.05, 0.1) is 23.9 Å². The minimum atomic E-state index is 0.0998. The Kier molecular flexibility index (Phi) is 3.72. The van der Waals surface area contributed by atoms with Crippen LogP contribution in [0.5, 0.6) is 11.5 Å². The Morgan fingerprint density at radius 2 is 2.22 bits per heavy atom. The molecule has 0 bridgehead atoms. The Balaban J connectivity index is 2.12. The Labute approximate surface area is 110 Å². The van der Waals surface area contributed by atoms with Crippen LogP contribution < -0.4 is 10.1 Å². The van der Waals surface area contributed by atoms with Gasteiger partial charge in [-0.2, -0.15) is 0 Å². The third-order valence-electron chi connectivity index (χ3n) is 2.64. The fourth-order valence-electron chi connectivity index (χ4n) is 1.68. The van der Waals surface area contributed by atoms with Crippen molar-refractivity contribution >= 4 is 17.0 Å². The fraction of sp³-hybridized carbons (Fsp3) is 0.308. The van der Waals surface area contributed by atoms with Gasteiger partial charge in [-0.3, -0.25) is 0 Å². The molecule has 18 heavy (non-hydrogen) atoms. The van der Waals surface area contributed by atoms with E-state index >= 15 is 0 Å². The van der Waals surface area contributed by atoms with Crippen LogP contribution in [0.3, 0.4) is 0 Å². The van der Waals surface area contributed by atoms with Gasteiger partial charge in [-0.05, 0) is 26.0 Å². The van der Waals surface area contributed by atoms with Crippen LogP contribution in [-0.4, -0.2) is 17.2 Å². The molecule has 0 amide bonds. The van der Waals surface area contributed by atoms with E-state index in [9.17, 15) is 5.11 Å². The molecule has 1 unspecified atom stereocenters. The van der Waals surface area contributed by atoms with Gasteiger partial charge < -0.3 is 15.2 Å². The number of anilines is 1. The lowest BCUT2D eigenvalue weighted by molar-refractivity contribution is 0.373. The zero-order valence-corrected chi connectivity index (χ0v) is 11.4. The molecule has 1 heterocycles. The molecule has 96 valence electrons. The summed E-state index contributed by atoms with van der Waals surface area (Å²) in [5.41, 5.74) is 1.85. The van der Waals surface area contributed by atoms with Gasteiger partial charge in [-0.25, -0.2) is 4.98 Å².